The summed E-state index contributed by atoms with van der Waals surface area (Å²) >= 11 is 0. The molecular formula is C51H42F6N2O9. The van der Waals surface area contributed by atoms with E-state index in [0.717, 1.165) is 38.1 Å². The van der Waals surface area contributed by atoms with Gasteiger partial charge in [-0.05, 0) is 128 Å². The van der Waals surface area contributed by atoms with Gasteiger partial charge in [-0.2, -0.15) is 26.3 Å². The molecule has 68 heavy (non-hydrogen) atoms. The predicted molar refractivity (Wildman–Crippen MR) is 239 cm³/mol. The lowest BCUT2D eigenvalue weighted by atomic mass is 9.65. The van der Waals surface area contributed by atoms with Crippen LogP contribution in [0, 0.1) is 13.8 Å². The molecule has 352 valence electrons. The highest BCUT2D eigenvalue weighted by Gasteiger charge is 2.72. The SMILES string of the molecule is CNc1c(C)cc(C2(c3cc(C)c(NC(=O)c4cc(Oc5ccc(C(=O)O)c(C(C)=O)c5)ccc4OC=O)c(C(O)(C(F)(F)F)C(F)(F)F)c3)c3ccccc3-c3ccccc32)cc1C(C)(C)O. The lowest BCUT2D eigenvalue weighted by molar-refractivity contribution is -0.376. The van der Waals surface area contributed by atoms with Crippen molar-refractivity contribution >= 4 is 35.5 Å². The highest BCUT2D eigenvalue weighted by Crippen LogP contribution is 2.59. The number of hydrogen-bond donors (Lipinski definition) is 5. The van der Waals surface area contributed by atoms with Crippen molar-refractivity contribution in [2.45, 2.75) is 63.6 Å². The molecule has 0 radical (unpaired) electrons. The van der Waals surface area contributed by atoms with E-state index < -0.39 is 69.2 Å². The maximum absolute atomic E-state index is 15.3. The van der Waals surface area contributed by atoms with Crippen LogP contribution in [-0.4, -0.2) is 58.9 Å². The van der Waals surface area contributed by atoms with Crippen LogP contribution in [0.5, 0.6) is 17.2 Å². The zero-order valence-corrected chi connectivity index (χ0v) is 37.0. The molecule has 6 aromatic carbocycles. The first-order chi connectivity index (χ1) is 31.8. The summed E-state index contributed by atoms with van der Waals surface area (Å²) in [6.45, 7) is 6.97. The van der Waals surface area contributed by atoms with E-state index in [4.69, 9.17) is 9.47 Å². The van der Waals surface area contributed by atoms with Gasteiger partial charge in [0.25, 0.3) is 18.0 Å². The van der Waals surface area contributed by atoms with Crippen LogP contribution in [0.25, 0.3) is 11.1 Å². The van der Waals surface area contributed by atoms with Gasteiger partial charge in [-0.25, -0.2) is 4.79 Å². The molecular weight excluding hydrogens is 899 g/mol. The molecule has 5 N–H and O–H groups in total. The highest BCUT2D eigenvalue weighted by molar-refractivity contribution is 6.08. The number of halogens is 6. The number of aromatic carboxylic acids is 1. The van der Waals surface area contributed by atoms with Gasteiger partial charge in [0.2, 0.25) is 0 Å². The highest BCUT2D eigenvalue weighted by atomic mass is 19.4. The van der Waals surface area contributed by atoms with Gasteiger partial charge in [0.05, 0.1) is 27.8 Å². The number of carbonyl (C=O) groups excluding carboxylic acids is 3. The molecule has 1 aliphatic rings. The normalized spacial score (nSPS) is 13.3. The number of rotatable bonds is 13. The lowest BCUT2D eigenvalue weighted by Gasteiger charge is -2.39. The Morgan fingerprint density at radius 3 is 1.65 bits per heavy atom. The largest absolute Gasteiger partial charge is 0.478 e. The maximum atomic E-state index is 15.3. The number of aliphatic hydroxyl groups is 2. The van der Waals surface area contributed by atoms with Crippen molar-refractivity contribution in [1.29, 1.82) is 0 Å². The molecule has 0 heterocycles. The fraction of sp³-hybridized carbons (Fsp3) is 0.216. The first kappa shape index (κ1) is 48.4. The molecule has 7 rings (SSSR count). The number of aryl methyl sites for hydroxylation is 2. The van der Waals surface area contributed by atoms with Gasteiger partial charge in [-0.15, -0.1) is 0 Å². The summed E-state index contributed by atoms with van der Waals surface area (Å²) in [5.41, 5.74) is -9.66. The third kappa shape index (κ3) is 8.00. The van der Waals surface area contributed by atoms with E-state index in [1.807, 2.05) is 0 Å². The third-order valence-corrected chi connectivity index (χ3v) is 12.1. The van der Waals surface area contributed by atoms with Crippen molar-refractivity contribution in [3.05, 3.63) is 170 Å². The molecule has 0 bridgehead atoms. The van der Waals surface area contributed by atoms with Crippen LogP contribution in [0.4, 0.5) is 37.7 Å². The van der Waals surface area contributed by atoms with Crippen molar-refractivity contribution in [2.75, 3.05) is 17.7 Å². The second-order valence-electron chi connectivity index (χ2n) is 16.8. The van der Waals surface area contributed by atoms with Crippen LogP contribution >= 0.6 is 0 Å². The molecule has 17 heteroatoms. The van der Waals surface area contributed by atoms with Gasteiger partial charge < -0.3 is 35.4 Å². The predicted octanol–water partition coefficient (Wildman–Crippen LogP) is 10.7. The van der Waals surface area contributed by atoms with Crippen molar-refractivity contribution in [2.24, 2.45) is 0 Å². The maximum Gasteiger partial charge on any atom is 0.430 e. The Morgan fingerprint density at radius 2 is 1.16 bits per heavy atom. The van der Waals surface area contributed by atoms with Crippen molar-refractivity contribution < 1.29 is 70.3 Å². The Hall–Kier alpha value is -7.50. The fourth-order valence-electron chi connectivity index (χ4n) is 9.05. The average Bonchev–Trinajstić information content (AvgIpc) is 3.56. The van der Waals surface area contributed by atoms with Gasteiger partial charge in [0, 0.05) is 29.4 Å². The molecule has 1 amide bonds. The zero-order chi connectivity index (χ0) is 49.9. The average molecular weight is 941 g/mol. The van der Waals surface area contributed by atoms with E-state index in [9.17, 15) is 34.5 Å². The third-order valence-electron chi connectivity index (χ3n) is 12.1. The molecule has 0 saturated heterocycles. The number of fused-ring (bicyclic) bond motifs is 3. The second kappa shape index (κ2) is 17.3. The van der Waals surface area contributed by atoms with E-state index in [0.29, 0.717) is 50.7 Å². The summed E-state index contributed by atoms with van der Waals surface area (Å²) in [6.07, 6.45) is -12.9. The summed E-state index contributed by atoms with van der Waals surface area (Å²) in [5.74, 6) is -4.32. The van der Waals surface area contributed by atoms with E-state index in [1.54, 1.807) is 74.6 Å². The van der Waals surface area contributed by atoms with Gasteiger partial charge >= 0.3 is 18.3 Å². The lowest BCUT2D eigenvalue weighted by Crippen LogP contribution is -2.54. The zero-order valence-electron chi connectivity index (χ0n) is 37.0. The smallest absolute Gasteiger partial charge is 0.430 e. The number of benzene rings is 6. The van der Waals surface area contributed by atoms with Crippen LogP contribution < -0.4 is 20.1 Å². The van der Waals surface area contributed by atoms with Gasteiger partial charge in [-0.3, -0.25) is 14.4 Å². The molecule has 0 fully saturated rings. The Morgan fingerprint density at radius 1 is 0.662 bits per heavy atom. The van der Waals surface area contributed by atoms with E-state index in [1.165, 1.54) is 32.0 Å². The minimum Gasteiger partial charge on any atom is -0.478 e. The van der Waals surface area contributed by atoms with E-state index >= 15 is 26.3 Å². The summed E-state index contributed by atoms with van der Waals surface area (Å²) in [4.78, 5) is 49.9. The van der Waals surface area contributed by atoms with Crippen LogP contribution in [0.3, 0.4) is 0 Å². The molecule has 0 unspecified atom stereocenters. The Bertz CT molecular complexity index is 2990. The number of Topliss-reactive ketones (excluding diaryl/α,β-unsaturated/α-hetero) is 1. The number of carboxylic acid groups (broad SMARTS) is 1. The number of anilines is 2. The minimum absolute atomic E-state index is 0.0845. The molecule has 6 aromatic rings. The second-order valence-corrected chi connectivity index (χ2v) is 16.8. The van der Waals surface area contributed by atoms with E-state index in [-0.39, 0.29) is 40.2 Å². The van der Waals surface area contributed by atoms with Crippen LogP contribution in [0.1, 0.15) is 96.4 Å². The summed E-state index contributed by atoms with van der Waals surface area (Å²) in [6, 6.07) is 25.4. The van der Waals surface area contributed by atoms with Gasteiger partial charge in [0.1, 0.15) is 17.2 Å². The number of hydrogen-bond acceptors (Lipinski definition) is 9. The number of carbonyl (C=O) groups is 4. The Kier molecular flexibility index (Phi) is 12.3. The number of amides is 1. The standard InChI is InChI=1S/C51H42F6N2O9/c1-26-19-29(21-40(43(26)58-6)47(4,5)65)48(38-13-9-7-11-33(38)34-12-8-10-14-39(34)48)30-20-27(2)44(41(22-30)49(66,50(52,53)54)51(55,56)57)59-45(62)37-24-32(16-18-42(37)67-25-60)68-31-15-17-35(46(63)64)36(23-31)28(3)61/h7-25,58,65-66H,1-6H3,(H,59,62)(H,63,64). The summed E-state index contributed by atoms with van der Waals surface area (Å²) in [5, 5.41) is 37.6. The van der Waals surface area contributed by atoms with Crippen molar-refractivity contribution in [1.82, 2.24) is 0 Å². The van der Waals surface area contributed by atoms with Crippen molar-refractivity contribution in [3.63, 3.8) is 0 Å². The molecule has 0 spiro atoms. The van der Waals surface area contributed by atoms with E-state index in [2.05, 4.69) is 10.6 Å². The van der Waals surface area contributed by atoms with Gasteiger partial charge in [-0.1, -0.05) is 60.7 Å². The van der Waals surface area contributed by atoms with Gasteiger partial charge in [0.15, 0.2) is 5.78 Å². The molecule has 0 aliphatic heterocycles. The molecule has 0 aromatic heterocycles. The topological polar surface area (TPSA) is 171 Å². The van der Waals surface area contributed by atoms with Crippen LogP contribution in [0.2, 0.25) is 0 Å². The fourth-order valence-corrected chi connectivity index (χ4v) is 9.05. The number of nitrogens with one attached hydrogen (secondary N) is 2. The number of ketones is 1. The number of ether oxygens (including phenoxy) is 2. The van der Waals surface area contributed by atoms with Crippen LogP contribution in [0.15, 0.2) is 109 Å². The molecule has 0 atom stereocenters. The first-order valence-electron chi connectivity index (χ1n) is 20.7. The Labute approximate surface area is 385 Å². The van der Waals surface area contributed by atoms with Crippen LogP contribution in [-0.2, 0) is 21.4 Å². The molecule has 1 aliphatic carbocycles. The minimum atomic E-state index is -6.46. The molecule has 11 nitrogen and oxygen atoms in total. The van der Waals surface area contributed by atoms with Crippen molar-refractivity contribution in [3.8, 4) is 28.4 Å². The first-order valence-corrected chi connectivity index (χ1v) is 20.7. The number of alkyl halides is 6. The molecule has 0 saturated carbocycles. The number of carboxylic acids is 1. The Balaban J connectivity index is 1.50. The monoisotopic (exact) mass is 940 g/mol. The summed E-state index contributed by atoms with van der Waals surface area (Å²) < 4.78 is 103. The summed E-state index contributed by atoms with van der Waals surface area (Å²) in [7, 11) is 1.63. The quantitative estimate of drug-likeness (QED) is 0.0426.